The quantitative estimate of drug-likeness (QED) is 0.316. The molecule has 0 saturated heterocycles. The van der Waals surface area contributed by atoms with Crippen LogP contribution in [0.2, 0.25) is 0 Å². The molecular formula is C22H15BrO5. The van der Waals surface area contributed by atoms with Crippen LogP contribution >= 0.6 is 15.9 Å². The van der Waals surface area contributed by atoms with Crippen molar-refractivity contribution in [3.63, 3.8) is 0 Å². The molecule has 3 aromatic rings. The zero-order valence-corrected chi connectivity index (χ0v) is 16.2. The summed E-state index contributed by atoms with van der Waals surface area (Å²) >= 11 is 3.27. The van der Waals surface area contributed by atoms with E-state index in [4.69, 9.17) is 9.47 Å². The van der Waals surface area contributed by atoms with E-state index in [9.17, 15) is 14.4 Å². The second-order valence-corrected chi connectivity index (χ2v) is 6.61. The first kappa shape index (κ1) is 19.5. The van der Waals surface area contributed by atoms with Crippen LogP contribution in [0.25, 0.3) is 0 Å². The molecular weight excluding hydrogens is 424 g/mol. The molecule has 0 aromatic heterocycles. The van der Waals surface area contributed by atoms with Crippen LogP contribution in [0.5, 0.6) is 5.75 Å². The van der Waals surface area contributed by atoms with Gasteiger partial charge in [0.15, 0.2) is 12.4 Å². The summed E-state index contributed by atoms with van der Waals surface area (Å²) in [5, 5.41) is 0. The Morgan fingerprint density at radius 3 is 2.04 bits per heavy atom. The average molecular weight is 439 g/mol. The summed E-state index contributed by atoms with van der Waals surface area (Å²) in [5.41, 5.74) is 1.12. The summed E-state index contributed by atoms with van der Waals surface area (Å²) in [6.45, 7) is -0.386. The first-order valence-corrected chi connectivity index (χ1v) is 9.16. The average Bonchev–Trinajstić information content (AvgIpc) is 2.73. The lowest BCUT2D eigenvalue weighted by Crippen LogP contribution is -2.14. The molecule has 0 amide bonds. The first-order valence-electron chi connectivity index (χ1n) is 8.37. The fraction of sp³-hybridized carbons (Fsp3) is 0.0455. The number of ether oxygens (including phenoxy) is 2. The highest BCUT2D eigenvalue weighted by Crippen LogP contribution is 2.18. The number of carbonyl (C=O) groups is 3. The minimum Gasteiger partial charge on any atom is -0.454 e. The number of hydrogen-bond donors (Lipinski definition) is 0. The Kier molecular flexibility index (Phi) is 6.34. The van der Waals surface area contributed by atoms with Gasteiger partial charge in [-0.1, -0.05) is 30.3 Å². The summed E-state index contributed by atoms with van der Waals surface area (Å²) in [5.74, 6) is -1.12. The molecule has 140 valence electrons. The van der Waals surface area contributed by atoms with E-state index < -0.39 is 11.9 Å². The van der Waals surface area contributed by atoms with Crippen LogP contribution < -0.4 is 4.74 Å². The van der Waals surface area contributed by atoms with Gasteiger partial charge < -0.3 is 9.47 Å². The Morgan fingerprint density at radius 2 is 1.36 bits per heavy atom. The van der Waals surface area contributed by atoms with E-state index in [1.54, 1.807) is 54.6 Å². The van der Waals surface area contributed by atoms with E-state index in [1.165, 1.54) is 24.3 Å². The molecule has 0 radical (unpaired) electrons. The molecule has 3 aromatic carbocycles. The number of ketones is 1. The third-order valence-corrected chi connectivity index (χ3v) is 4.52. The predicted octanol–water partition coefficient (Wildman–Crippen LogP) is 4.71. The maximum atomic E-state index is 12.2. The van der Waals surface area contributed by atoms with Gasteiger partial charge in [-0.15, -0.1) is 0 Å². The second kappa shape index (κ2) is 9.10. The number of rotatable bonds is 6. The van der Waals surface area contributed by atoms with E-state index in [0.29, 0.717) is 26.9 Å². The van der Waals surface area contributed by atoms with Gasteiger partial charge in [-0.05, 0) is 64.5 Å². The molecule has 0 spiro atoms. The van der Waals surface area contributed by atoms with Gasteiger partial charge in [0.1, 0.15) is 5.75 Å². The van der Waals surface area contributed by atoms with E-state index in [0.717, 1.165) is 0 Å². The van der Waals surface area contributed by atoms with Crippen LogP contribution in [0.15, 0.2) is 83.3 Å². The number of Topliss-reactive ketones (excluding diaryl/α,β-unsaturated/α-hetero) is 1. The van der Waals surface area contributed by atoms with Crippen LogP contribution in [-0.4, -0.2) is 24.3 Å². The Morgan fingerprint density at radius 1 is 0.714 bits per heavy atom. The molecule has 0 heterocycles. The number of halogens is 1. The van der Waals surface area contributed by atoms with Crippen LogP contribution in [0, 0.1) is 0 Å². The minimum atomic E-state index is -0.589. The van der Waals surface area contributed by atoms with E-state index in [1.807, 2.05) is 0 Å². The standard InChI is InChI=1S/C22H15BrO5/c23-19-9-5-4-8-18(19)22(26)27-14-20(24)15-10-12-17(13-11-15)28-21(25)16-6-2-1-3-7-16/h1-13H,14H2. The highest BCUT2D eigenvalue weighted by Gasteiger charge is 2.14. The molecule has 3 rings (SSSR count). The van der Waals surface area contributed by atoms with Gasteiger partial charge >= 0.3 is 11.9 Å². The molecule has 0 aliphatic heterocycles. The normalized spacial score (nSPS) is 10.2. The molecule has 0 N–H and O–H groups in total. The van der Waals surface area contributed by atoms with Crippen molar-refractivity contribution in [3.05, 3.63) is 100 Å². The third kappa shape index (κ3) is 4.92. The fourth-order valence-corrected chi connectivity index (χ4v) is 2.81. The van der Waals surface area contributed by atoms with Gasteiger partial charge in [-0.3, -0.25) is 4.79 Å². The van der Waals surface area contributed by atoms with Gasteiger partial charge in [0.25, 0.3) is 0 Å². The molecule has 0 bridgehead atoms. The Hall–Kier alpha value is -3.25. The summed E-state index contributed by atoms with van der Waals surface area (Å²) in [6.07, 6.45) is 0. The molecule has 0 atom stereocenters. The van der Waals surface area contributed by atoms with Crippen molar-refractivity contribution < 1.29 is 23.9 Å². The number of benzene rings is 3. The summed E-state index contributed by atoms with van der Waals surface area (Å²) in [7, 11) is 0. The largest absolute Gasteiger partial charge is 0.454 e. The van der Waals surface area contributed by atoms with Gasteiger partial charge in [-0.2, -0.15) is 0 Å². The van der Waals surface area contributed by atoms with Crippen LogP contribution in [0.4, 0.5) is 0 Å². The monoisotopic (exact) mass is 438 g/mol. The molecule has 0 fully saturated rings. The maximum absolute atomic E-state index is 12.2. The van der Waals surface area contributed by atoms with Crippen molar-refractivity contribution in [2.24, 2.45) is 0 Å². The SMILES string of the molecule is O=C(COC(=O)c1ccccc1Br)c1ccc(OC(=O)c2ccccc2)cc1. The zero-order chi connectivity index (χ0) is 19.9. The minimum absolute atomic E-state index is 0.315. The lowest BCUT2D eigenvalue weighted by molar-refractivity contribution is 0.0473. The van der Waals surface area contributed by atoms with Gasteiger partial charge in [-0.25, -0.2) is 9.59 Å². The van der Waals surface area contributed by atoms with Gasteiger partial charge in [0.2, 0.25) is 0 Å². The second-order valence-electron chi connectivity index (χ2n) is 5.76. The number of hydrogen-bond acceptors (Lipinski definition) is 5. The summed E-state index contributed by atoms with van der Waals surface area (Å²) < 4.78 is 10.9. The van der Waals surface area contributed by atoms with Gasteiger partial charge in [0.05, 0.1) is 11.1 Å². The van der Waals surface area contributed by atoms with Crippen molar-refractivity contribution >= 4 is 33.7 Å². The van der Waals surface area contributed by atoms with Crippen molar-refractivity contribution in [2.45, 2.75) is 0 Å². The van der Waals surface area contributed by atoms with Crippen LogP contribution in [-0.2, 0) is 4.74 Å². The molecule has 6 heteroatoms. The van der Waals surface area contributed by atoms with Crippen molar-refractivity contribution in [1.82, 2.24) is 0 Å². The van der Waals surface area contributed by atoms with Gasteiger partial charge in [0, 0.05) is 10.0 Å². The maximum Gasteiger partial charge on any atom is 0.343 e. The molecule has 28 heavy (non-hydrogen) atoms. The summed E-state index contributed by atoms with van der Waals surface area (Å²) in [6, 6.07) is 21.5. The lowest BCUT2D eigenvalue weighted by Gasteiger charge is -2.07. The van der Waals surface area contributed by atoms with E-state index >= 15 is 0 Å². The Balaban J connectivity index is 1.57. The molecule has 0 aliphatic rings. The van der Waals surface area contributed by atoms with E-state index in [-0.39, 0.29) is 12.4 Å². The fourth-order valence-electron chi connectivity index (χ4n) is 2.37. The predicted molar refractivity (Wildman–Crippen MR) is 107 cm³/mol. The van der Waals surface area contributed by atoms with Crippen LogP contribution in [0.1, 0.15) is 31.1 Å². The van der Waals surface area contributed by atoms with Crippen molar-refractivity contribution in [1.29, 1.82) is 0 Å². The highest BCUT2D eigenvalue weighted by atomic mass is 79.9. The Bertz CT molecular complexity index is 997. The first-order chi connectivity index (χ1) is 13.5. The molecule has 0 unspecified atom stereocenters. The third-order valence-electron chi connectivity index (χ3n) is 3.82. The summed E-state index contributed by atoms with van der Waals surface area (Å²) in [4.78, 5) is 36.3. The highest BCUT2D eigenvalue weighted by molar-refractivity contribution is 9.10. The van der Waals surface area contributed by atoms with Crippen LogP contribution in [0.3, 0.4) is 0 Å². The molecule has 5 nitrogen and oxygen atoms in total. The molecule has 0 saturated carbocycles. The van der Waals surface area contributed by atoms with E-state index in [2.05, 4.69) is 15.9 Å². The number of carbonyl (C=O) groups excluding carboxylic acids is 3. The Labute approximate surface area is 170 Å². The zero-order valence-electron chi connectivity index (χ0n) is 14.6. The lowest BCUT2D eigenvalue weighted by atomic mass is 10.1. The van der Waals surface area contributed by atoms with Crippen molar-refractivity contribution in [3.8, 4) is 5.75 Å². The molecule has 0 aliphatic carbocycles. The number of esters is 2. The van der Waals surface area contributed by atoms with Crippen molar-refractivity contribution in [2.75, 3.05) is 6.61 Å². The topological polar surface area (TPSA) is 69.7 Å². The smallest absolute Gasteiger partial charge is 0.343 e.